The molecule has 2 atom stereocenters. The number of amidine groups is 1. The molecule has 1 saturated carbocycles. The van der Waals surface area contributed by atoms with Crippen LogP contribution in [0.4, 0.5) is 0 Å². The molecule has 3 rings (SSSR count). The molecule has 0 aromatic rings. The zero-order chi connectivity index (χ0) is 12.8. The average Bonchev–Trinajstić information content (AvgIpc) is 2.72. The summed E-state index contributed by atoms with van der Waals surface area (Å²) in [5.74, 6) is 1.26. The number of hydrogen-bond donors (Lipinski definition) is 1. The van der Waals surface area contributed by atoms with Crippen molar-refractivity contribution in [1.82, 2.24) is 10.3 Å². The molecule has 2 fully saturated rings. The first-order valence-electron chi connectivity index (χ1n) is 6.75. The molecular weight excluding hydrogens is 230 g/mol. The van der Waals surface area contributed by atoms with E-state index in [0.29, 0.717) is 12.2 Å². The Bertz CT molecular complexity index is 386. The van der Waals surface area contributed by atoms with Crippen molar-refractivity contribution in [1.29, 1.82) is 0 Å². The molecule has 5 nitrogen and oxygen atoms in total. The highest BCUT2D eigenvalue weighted by molar-refractivity contribution is 6.06. The lowest BCUT2D eigenvalue weighted by Crippen LogP contribution is -2.51. The van der Waals surface area contributed by atoms with Crippen LogP contribution in [-0.2, 0) is 9.53 Å². The predicted molar refractivity (Wildman–Crippen MR) is 68.3 cm³/mol. The number of carbonyl (C=O) groups is 1. The van der Waals surface area contributed by atoms with Crippen molar-refractivity contribution >= 4 is 11.6 Å². The fraction of sp³-hybridized carbons (Fsp3) is 0.846. The predicted octanol–water partition coefficient (Wildman–Crippen LogP) is 0.609. The van der Waals surface area contributed by atoms with Gasteiger partial charge in [0.05, 0.1) is 25.2 Å². The summed E-state index contributed by atoms with van der Waals surface area (Å²) in [6.45, 7) is 7.48. The van der Waals surface area contributed by atoms with Gasteiger partial charge in [0, 0.05) is 19.5 Å². The summed E-state index contributed by atoms with van der Waals surface area (Å²) in [4.78, 5) is 14.6. The molecule has 1 N–H and O–H groups in total. The summed E-state index contributed by atoms with van der Waals surface area (Å²) in [5.41, 5.74) is 3.28. The van der Waals surface area contributed by atoms with Crippen LogP contribution in [0.1, 0.15) is 26.7 Å². The van der Waals surface area contributed by atoms with Gasteiger partial charge in [-0.15, -0.1) is 0 Å². The van der Waals surface area contributed by atoms with Gasteiger partial charge in [-0.1, -0.05) is 13.8 Å². The first-order valence-corrected chi connectivity index (χ1v) is 6.75. The van der Waals surface area contributed by atoms with Crippen LogP contribution in [0.25, 0.3) is 0 Å². The van der Waals surface area contributed by atoms with Crippen LogP contribution < -0.4 is 5.43 Å². The molecule has 100 valence electrons. The second-order valence-corrected chi connectivity index (χ2v) is 6.29. The van der Waals surface area contributed by atoms with Gasteiger partial charge in [-0.2, -0.15) is 5.10 Å². The van der Waals surface area contributed by atoms with Gasteiger partial charge in [-0.05, 0) is 11.8 Å². The second kappa shape index (κ2) is 4.23. The molecule has 0 aromatic heterocycles. The van der Waals surface area contributed by atoms with Crippen molar-refractivity contribution in [2.75, 3.05) is 26.3 Å². The van der Waals surface area contributed by atoms with Crippen LogP contribution >= 0.6 is 0 Å². The average molecular weight is 251 g/mol. The quantitative estimate of drug-likeness (QED) is 0.685. The summed E-state index contributed by atoms with van der Waals surface area (Å²) in [6.07, 6.45) is 1.68. The molecule has 0 unspecified atom stereocenters. The number of morpholine rings is 1. The summed E-state index contributed by atoms with van der Waals surface area (Å²) in [7, 11) is 0. The Morgan fingerprint density at radius 2 is 2.11 bits per heavy atom. The van der Waals surface area contributed by atoms with Crippen LogP contribution in [0.2, 0.25) is 0 Å². The van der Waals surface area contributed by atoms with Crippen molar-refractivity contribution in [2.45, 2.75) is 32.7 Å². The maximum absolute atomic E-state index is 12.4. The van der Waals surface area contributed by atoms with Crippen LogP contribution in [0, 0.1) is 11.3 Å². The van der Waals surface area contributed by atoms with Crippen molar-refractivity contribution in [3.05, 3.63) is 0 Å². The third-order valence-corrected chi connectivity index (χ3v) is 4.13. The van der Waals surface area contributed by atoms with E-state index in [-0.39, 0.29) is 17.4 Å². The minimum atomic E-state index is -0.0314. The highest BCUT2D eigenvalue weighted by atomic mass is 16.5. The van der Waals surface area contributed by atoms with E-state index in [2.05, 4.69) is 29.3 Å². The number of fused-ring (bicyclic) bond motifs is 1. The fourth-order valence-electron chi connectivity index (χ4n) is 3.31. The Morgan fingerprint density at radius 3 is 2.83 bits per heavy atom. The van der Waals surface area contributed by atoms with Gasteiger partial charge in [0.2, 0.25) is 0 Å². The lowest BCUT2D eigenvalue weighted by Gasteiger charge is -2.38. The van der Waals surface area contributed by atoms with E-state index < -0.39 is 0 Å². The van der Waals surface area contributed by atoms with Gasteiger partial charge in [0.15, 0.2) is 0 Å². The molecule has 0 bridgehead atoms. The fourth-order valence-corrected chi connectivity index (χ4v) is 3.31. The van der Waals surface area contributed by atoms with Gasteiger partial charge in [0.25, 0.3) is 0 Å². The van der Waals surface area contributed by atoms with Gasteiger partial charge in [-0.25, -0.2) is 0 Å². The SMILES string of the molecule is CC1(C)CC(=O)[C@@H]2C(N3CCOCC3)=NN[C@@H]2C1. The van der Waals surface area contributed by atoms with Crippen LogP contribution in [-0.4, -0.2) is 48.9 Å². The zero-order valence-corrected chi connectivity index (χ0v) is 11.1. The van der Waals surface area contributed by atoms with Gasteiger partial charge in [-0.3, -0.25) is 4.79 Å². The Morgan fingerprint density at radius 1 is 1.39 bits per heavy atom. The Hall–Kier alpha value is -1.10. The van der Waals surface area contributed by atoms with Crippen molar-refractivity contribution in [2.24, 2.45) is 16.4 Å². The molecule has 0 amide bonds. The van der Waals surface area contributed by atoms with Crippen LogP contribution in [0.3, 0.4) is 0 Å². The third kappa shape index (κ3) is 2.00. The summed E-state index contributed by atoms with van der Waals surface area (Å²) in [6, 6.07) is 0.194. The number of hydrazone groups is 1. The number of nitrogens with zero attached hydrogens (tertiary/aromatic N) is 2. The number of nitrogens with one attached hydrogen (secondary N) is 1. The number of Topliss-reactive ketones (excluding diaryl/α,β-unsaturated/α-hetero) is 1. The summed E-state index contributed by atoms with van der Waals surface area (Å²) >= 11 is 0. The number of ketones is 1. The lowest BCUT2D eigenvalue weighted by atomic mass is 9.69. The summed E-state index contributed by atoms with van der Waals surface area (Å²) < 4.78 is 5.35. The second-order valence-electron chi connectivity index (χ2n) is 6.29. The maximum Gasteiger partial charge on any atom is 0.146 e. The van der Waals surface area contributed by atoms with E-state index in [1.54, 1.807) is 0 Å². The maximum atomic E-state index is 12.4. The Balaban J connectivity index is 1.77. The normalized spacial score (nSPS) is 34.9. The minimum absolute atomic E-state index is 0.0314. The summed E-state index contributed by atoms with van der Waals surface area (Å²) in [5, 5.41) is 4.44. The number of hydrogen-bond acceptors (Lipinski definition) is 5. The van der Waals surface area contributed by atoms with E-state index >= 15 is 0 Å². The molecule has 2 heterocycles. The van der Waals surface area contributed by atoms with Gasteiger partial charge in [0.1, 0.15) is 11.6 Å². The number of carbonyl (C=O) groups excluding carboxylic acids is 1. The van der Waals surface area contributed by atoms with Crippen molar-refractivity contribution in [3.8, 4) is 0 Å². The topological polar surface area (TPSA) is 53.9 Å². The number of ether oxygens (including phenoxy) is 1. The van der Waals surface area contributed by atoms with Gasteiger partial charge >= 0.3 is 0 Å². The first kappa shape index (κ1) is 12.0. The molecule has 0 spiro atoms. The van der Waals surface area contributed by atoms with E-state index in [4.69, 9.17) is 4.74 Å². The highest BCUT2D eigenvalue weighted by Gasteiger charge is 2.47. The number of rotatable bonds is 0. The standard InChI is InChI=1S/C13H21N3O2/c1-13(2)7-9-11(10(17)8-13)12(15-14-9)16-3-5-18-6-4-16/h9,11,14H,3-8H2,1-2H3/t9-,11-/m1/s1. The molecule has 18 heavy (non-hydrogen) atoms. The Kier molecular flexibility index (Phi) is 2.81. The van der Waals surface area contributed by atoms with Crippen molar-refractivity contribution in [3.63, 3.8) is 0 Å². The highest BCUT2D eigenvalue weighted by Crippen LogP contribution is 2.39. The molecule has 1 saturated heterocycles. The monoisotopic (exact) mass is 251 g/mol. The molecule has 0 radical (unpaired) electrons. The first-order chi connectivity index (χ1) is 8.57. The lowest BCUT2D eigenvalue weighted by molar-refractivity contribution is -0.126. The molecule has 1 aliphatic carbocycles. The van der Waals surface area contributed by atoms with Gasteiger partial charge < -0.3 is 15.1 Å². The minimum Gasteiger partial charge on any atom is -0.378 e. The zero-order valence-electron chi connectivity index (χ0n) is 11.1. The molecule has 3 aliphatic rings. The van der Waals surface area contributed by atoms with E-state index in [9.17, 15) is 4.79 Å². The van der Waals surface area contributed by atoms with E-state index in [0.717, 1.165) is 38.6 Å². The molecular formula is C13H21N3O2. The molecule has 0 aromatic carbocycles. The smallest absolute Gasteiger partial charge is 0.146 e. The largest absolute Gasteiger partial charge is 0.378 e. The van der Waals surface area contributed by atoms with Crippen molar-refractivity contribution < 1.29 is 9.53 Å². The van der Waals surface area contributed by atoms with E-state index in [1.165, 1.54) is 0 Å². The van der Waals surface area contributed by atoms with Crippen LogP contribution in [0.5, 0.6) is 0 Å². The Labute approximate surface area is 108 Å². The molecule has 5 heteroatoms. The third-order valence-electron chi connectivity index (χ3n) is 4.13. The van der Waals surface area contributed by atoms with E-state index in [1.807, 2.05) is 0 Å². The van der Waals surface area contributed by atoms with Crippen LogP contribution in [0.15, 0.2) is 5.10 Å². The molecule has 2 aliphatic heterocycles.